The Labute approximate surface area is 106 Å². The van der Waals surface area contributed by atoms with E-state index >= 15 is 0 Å². The molecule has 1 N–H and O–H groups in total. The summed E-state index contributed by atoms with van der Waals surface area (Å²) in [6, 6.07) is 0. The van der Waals surface area contributed by atoms with E-state index in [1.54, 1.807) is 0 Å². The number of aromatic nitrogens is 1. The molecule has 0 radical (unpaired) electrons. The van der Waals surface area contributed by atoms with Crippen molar-refractivity contribution in [1.82, 2.24) is 10.1 Å². The van der Waals surface area contributed by atoms with E-state index in [0.29, 0.717) is 0 Å². The Morgan fingerprint density at radius 1 is 1.56 bits per heavy atom. The Morgan fingerprint density at radius 3 is 2.72 bits per heavy atom. The minimum Gasteiger partial charge on any atom is -0.480 e. The van der Waals surface area contributed by atoms with E-state index in [2.05, 4.69) is 10.1 Å². The van der Waals surface area contributed by atoms with Crippen LogP contribution >= 0.6 is 0 Å². The number of carboxylic acids is 1. The number of hydrogen-bond donors (Lipinski definition) is 1. The number of rotatable bonds is 5. The number of aryl methyl sites for hydroxylation is 2. The summed E-state index contributed by atoms with van der Waals surface area (Å²) < 4.78 is 10.5. The van der Waals surface area contributed by atoms with Crippen LogP contribution in [0.5, 0.6) is 0 Å². The van der Waals surface area contributed by atoms with Crippen molar-refractivity contribution >= 4 is 5.97 Å². The van der Waals surface area contributed by atoms with Crippen molar-refractivity contribution in [2.45, 2.75) is 32.9 Å². The fourth-order valence-electron chi connectivity index (χ4n) is 2.29. The molecule has 100 valence electrons. The van der Waals surface area contributed by atoms with Crippen molar-refractivity contribution in [3.8, 4) is 0 Å². The summed E-state index contributed by atoms with van der Waals surface area (Å²) in [6.45, 7) is 7.73. The second-order valence-electron chi connectivity index (χ2n) is 5.08. The van der Waals surface area contributed by atoms with Crippen molar-refractivity contribution in [1.29, 1.82) is 0 Å². The van der Waals surface area contributed by atoms with Gasteiger partial charge in [0.05, 0.1) is 11.3 Å². The number of aliphatic carboxylic acids is 1. The smallest absolute Gasteiger partial charge is 0.329 e. The van der Waals surface area contributed by atoms with Gasteiger partial charge in [0, 0.05) is 25.2 Å². The highest BCUT2D eigenvalue weighted by Crippen LogP contribution is 2.27. The van der Waals surface area contributed by atoms with Crippen molar-refractivity contribution in [3.63, 3.8) is 0 Å². The molecule has 1 aromatic heterocycles. The van der Waals surface area contributed by atoms with Gasteiger partial charge in [-0.2, -0.15) is 0 Å². The molecule has 6 heteroatoms. The number of ether oxygens (including phenoxy) is 1. The molecule has 0 spiro atoms. The first-order valence-corrected chi connectivity index (χ1v) is 5.89. The zero-order chi connectivity index (χ0) is 13.3. The van der Waals surface area contributed by atoms with Crippen molar-refractivity contribution in [2.75, 3.05) is 19.7 Å². The van der Waals surface area contributed by atoms with Gasteiger partial charge in [0.2, 0.25) is 0 Å². The van der Waals surface area contributed by atoms with Gasteiger partial charge in [-0.3, -0.25) is 4.90 Å². The fourth-order valence-corrected chi connectivity index (χ4v) is 2.29. The van der Waals surface area contributed by atoms with Gasteiger partial charge >= 0.3 is 5.97 Å². The quantitative estimate of drug-likeness (QED) is 0.843. The van der Waals surface area contributed by atoms with Gasteiger partial charge in [0.25, 0.3) is 0 Å². The van der Waals surface area contributed by atoms with Crippen LogP contribution in [0.1, 0.15) is 23.9 Å². The minimum atomic E-state index is -0.930. The van der Waals surface area contributed by atoms with Gasteiger partial charge in [-0.25, -0.2) is 4.79 Å². The highest BCUT2D eigenvalue weighted by atomic mass is 16.5. The molecular weight excluding hydrogens is 236 g/mol. The lowest BCUT2D eigenvalue weighted by Gasteiger charge is -2.47. The summed E-state index contributed by atoms with van der Waals surface area (Å²) in [4.78, 5) is 12.6. The molecule has 0 atom stereocenters. The standard InChI is InChI=1S/C12H18N2O4/c1-8-10(9(2)18-13-8)4-14-6-12(3,7-14)17-5-11(15)16/h4-7H2,1-3H3,(H,15,16). The average molecular weight is 254 g/mol. The van der Waals surface area contributed by atoms with E-state index < -0.39 is 5.97 Å². The molecule has 18 heavy (non-hydrogen) atoms. The van der Waals surface area contributed by atoms with E-state index in [-0.39, 0.29) is 12.2 Å². The number of nitrogens with zero attached hydrogens (tertiary/aromatic N) is 2. The minimum absolute atomic E-state index is 0.240. The average Bonchev–Trinajstić information content (AvgIpc) is 2.56. The van der Waals surface area contributed by atoms with Crippen LogP contribution in [0, 0.1) is 13.8 Å². The van der Waals surface area contributed by atoms with Gasteiger partial charge in [-0.15, -0.1) is 0 Å². The topological polar surface area (TPSA) is 75.8 Å². The van der Waals surface area contributed by atoms with Crippen LogP contribution in [0.25, 0.3) is 0 Å². The highest BCUT2D eigenvalue weighted by Gasteiger charge is 2.40. The maximum Gasteiger partial charge on any atom is 0.329 e. The first-order valence-electron chi connectivity index (χ1n) is 5.89. The molecule has 1 aliphatic heterocycles. The van der Waals surface area contributed by atoms with Crippen LogP contribution in [0.3, 0.4) is 0 Å². The summed E-state index contributed by atoms with van der Waals surface area (Å²) in [5, 5.41) is 12.5. The molecule has 1 saturated heterocycles. The first-order chi connectivity index (χ1) is 8.39. The Bertz CT molecular complexity index is 429. The van der Waals surface area contributed by atoms with Crippen LogP contribution in [0.4, 0.5) is 0 Å². The molecule has 2 heterocycles. The fraction of sp³-hybridized carbons (Fsp3) is 0.667. The number of likely N-dealkylation sites (tertiary alicyclic amines) is 1. The Kier molecular flexibility index (Phi) is 3.41. The third-order valence-electron chi connectivity index (χ3n) is 3.22. The lowest BCUT2D eigenvalue weighted by molar-refractivity contribution is -0.165. The summed E-state index contributed by atoms with van der Waals surface area (Å²) in [6.07, 6.45) is 0. The summed E-state index contributed by atoms with van der Waals surface area (Å²) in [5.41, 5.74) is 1.67. The molecule has 2 rings (SSSR count). The Hall–Kier alpha value is -1.40. The van der Waals surface area contributed by atoms with Gasteiger partial charge in [-0.1, -0.05) is 5.16 Å². The molecular formula is C12H18N2O4. The highest BCUT2D eigenvalue weighted by molar-refractivity contribution is 5.68. The van der Waals surface area contributed by atoms with Crippen LogP contribution in [0.2, 0.25) is 0 Å². The van der Waals surface area contributed by atoms with Crippen LogP contribution in [-0.2, 0) is 16.1 Å². The molecule has 0 saturated carbocycles. The lowest BCUT2D eigenvalue weighted by Crippen LogP contribution is -2.61. The second kappa shape index (κ2) is 4.70. The van der Waals surface area contributed by atoms with Crippen molar-refractivity contribution in [3.05, 3.63) is 17.0 Å². The number of carboxylic acid groups (broad SMARTS) is 1. The van der Waals surface area contributed by atoms with Gasteiger partial charge in [0.1, 0.15) is 12.4 Å². The van der Waals surface area contributed by atoms with E-state index in [0.717, 1.165) is 36.7 Å². The molecule has 1 fully saturated rings. The maximum absolute atomic E-state index is 10.5. The molecule has 6 nitrogen and oxygen atoms in total. The SMILES string of the molecule is Cc1noc(C)c1CN1CC(C)(OCC(=O)O)C1. The van der Waals surface area contributed by atoms with Crippen LogP contribution in [0.15, 0.2) is 4.52 Å². The monoisotopic (exact) mass is 254 g/mol. The van der Waals surface area contributed by atoms with Crippen LogP contribution in [-0.4, -0.2) is 46.4 Å². The Morgan fingerprint density at radius 2 is 2.22 bits per heavy atom. The lowest BCUT2D eigenvalue weighted by atomic mass is 9.95. The number of carbonyl (C=O) groups is 1. The van der Waals surface area contributed by atoms with E-state index in [9.17, 15) is 4.79 Å². The van der Waals surface area contributed by atoms with Gasteiger partial charge in [0.15, 0.2) is 0 Å². The molecule has 1 aromatic rings. The number of hydrogen-bond acceptors (Lipinski definition) is 5. The molecule has 0 aliphatic carbocycles. The maximum atomic E-state index is 10.5. The zero-order valence-electron chi connectivity index (χ0n) is 10.9. The van der Waals surface area contributed by atoms with Crippen molar-refractivity contribution in [2.24, 2.45) is 0 Å². The van der Waals surface area contributed by atoms with Crippen molar-refractivity contribution < 1.29 is 19.2 Å². The predicted octanol–water partition coefficient (Wildman–Crippen LogP) is 0.967. The summed E-state index contributed by atoms with van der Waals surface area (Å²) >= 11 is 0. The molecule has 0 amide bonds. The summed E-state index contributed by atoms with van der Waals surface area (Å²) in [7, 11) is 0. The van der Waals surface area contributed by atoms with E-state index in [1.807, 2.05) is 20.8 Å². The third-order valence-corrected chi connectivity index (χ3v) is 3.22. The van der Waals surface area contributed by atoms with E-state index in [1.165, 1.54) is 0 Å². The van der Waals surface area contributed by atoms with Gasteiger partial charge in [-0.05, 0) is 20.8 Å². The zero-order valence-corrected chi connectivity index (χ0v) is 10.9. The second-order valence-corrected chi connectivity index (χ2v) is 5.08. The van der Waals surface area contributed by atoms with Gasteiger partial charge < -0.3 is 14.4 Å². The first kappa shape index (κ1) is 13.0. The molecule has 0 aromatic carbocycles. The molecule has 0 bridgehead atoms. The largest absolute Gasteiger partial charge is 0.480 e. The summed E-state index contributed by atoms with van der Waals surface area (Å²) in [5.74, 6) is -0.0899. The Balaban J connectivity index is 1.84. The molecule has 1 aliphatic rings. The van der Waals surface area contributed by atoms with E-state index in [4.69, 9.17) is 14.4 Å². The molecule has 0 unspecified atom stereocenters. The normalized spacial score (nSPS) is 18.6. The predicted molar refractivity (Wildman–Crippen MR) is 63.2 cm³/mol. The van der Waals surface area contributed by atoms with Crippen LogP contribution < -0.4 is 0 Å². The third kappa shape index (κ3) is 2.70.